The molecule has 2 amide bonds. The molecule has 142 valence electrons. The molecule has 0 saturated carbocycles. The highest BCUT2D eigenvalue weighted by atomic mass is 16.5. The summed E-state index contributed by atoms with van der Waals surface area (Å²) < 4.78 is 10.6. The molecule has 0 bridgehead atoms. The molecule has 0 spiro atoms. The van der Waals surface area contributed by atoms with Gasteiger partial charge >= 0.3 is 11.8 Å². The van der Waals surface area contributed by atoms with Gasteiger partial charge in [0.1, 0.15) is 5.75 Å². The maximum Gasteiger partial charge on any atom is 0.329 e. The first-order valence-corrected chi connectivity index (χ1v) is 8.36. The summed E-state index contributed by atoms with van der Waals surface area (Å²) in [5.41, 5.74) is 3.19. The first-order valence-electron chi connectivity index (χ1n) is 8.36. The Morgan fingerprint density at radius 2 is 1.74 bits per heavy atom. The van der Waals surface area contributed by atoms with Gasteiger partial charge in [-0.1, -0.05) is 0 Å². The van der Waals surface area contributed by atoms with Gasteiger partial charge in [0.05, 0.1) is 19.4 Å². The van der Waals surface area contributed by atoms with E-state index in [2.05, 4.69) is 15.8 Å². The minimum Gasteiger partial charge on any atom is -0.504 e. The van der Waals surface area contributed by atoms with Crippen LogP contribution in [0.5, 0.6) is 17.2 Å². The number of carbonyl (C=O) groups is 2. The SMILES string of the molecule is CCOc1ccc(NC(=O)C(=O)N/N=C/c2ccc(O)c(OCC)c2)cc1. The number of hydrazone groups is 1. The molecule has 0 aliphatic rings. The number of carbonyl (C=O) groups excluding carboxylic acids is 2. The third kappa shape index (κ3) is 6.03. The Bertz CT molecular complexity index is 819. The number of ether oxygens (including phenoxy) is 2. The quantitative estimate of drug-likeness (QED) is 0.393. The van der Waals surface area contributed by atoms with Crippen molar-refractivity contribution in [3.8, 4) is 17.2 Å². The molecule has 0 atom stereocenters. The number of nitrogens with zero attached hydrogens (tertiary/aromatic N) is 1. The van der Waals surface area contributed by atoms with Crippen LogP contribution in [0.15, 0.2) is 47.6 Å². The van der Waals surface area contributed by atoms with Crippen LogP contribution in [0, 0.1) is 0 Å². The van der Waals surface area contributed by atoms with E-state index in [0.29, 0.717) is 36.0 Å². The van der Waals surface area contributed by atoms with Crippen LogP contribution in [0.25, 0.3) is 0 Å². The Labute approximate surface area is 156 Å². The molecule has 8 nitrogen and oxygen atoms in total. The highest BCUT2D eigenvalue weighted by Crippen LogP contribution is 2.26. The minimum atomic E-state index is -0.913. The molecule has 0 unspecified atom stereocenters. The number of rotatable bonds is 7. The smallest absolute Gasteiger partial charge is 0.329 e. The van der Waals surface area contributed by atoms with E-state index >= 15 is 0 Å². The van der Waals surface area contributed by atoms with E-state index in [4.69, 9.17) is 9.47 Å². The average Bonchev–Trinajstić information content (AvgIpc) is 2.66. The molecule has 0 saturated heterocycles. The Hall–Kier alpha value is -3.55. The van der Waals surface area contributed by atoms with Crippen molar-refractivity contribution in [2.75, 3.05) is 18.5 Å². The molecule has 2 aromatic rings. The van der Waals surface area contributed by atoms with Crippen LogP contribution in [-0.4, -0.2) is 36.3 Å². The topological polar surface area (TPSA) is 109 Å². The normalized spacial score (nSPS) is 10.4. The molecule has 2 aromatic carbocycles. The zero-order valence-electron chi connectivity index (χ0n) is 15.1. The van der Waals surface area contributed by atoms with Crippen LogP contribution in [0.2, 0.25) is 0 Å². The van der Waals surface area contributed by atoms with Crippen LogP contribution < -0.4 is 20.2 Å². The maximum atomic E-state index is 11.9. The van der Waals surface area contributed by atoms with E-state index in [1.165, 1.54) is 12.3 Å². The molecule has 0 heterocycles. The number of hydrogen-bond donors (Lipinski definition) is 3. The monoisotopic (exact) mass is 371 g/mol. The van der Waals surface area contributed by atoms with E-state index in [1.54, 1.807) is 43.3 Å². The lowest BCUT2D eigenvalue weighted by Gasteiger charge is -2.07. The molecule has 0 fully saturated rings. The Kier molecular flexibility index (Phi) is 7.18. The van der Waals surface area contributed by atoms with Gasteiger partial charge in [-0.05, 0) is 61.9 Å². The van der Waals surface area contributed by atoms with Gasteiger partial charge in [0, 0.05) is 5.69 Å². The van der Waals surface area contributed by atoms with Gasteiger partial charge < -0.3 is 19.9 Å². The second-order valence-electron chi connectivity index (χ2n) is 5.27. The fraction of sp³-hybridized carbons (Fsp3) is 0.211. The number of nitrogens with one attached hydrogen (secondary N) is 2. The fourth-order valence-electron chi connectivity index (χ4n) is 2.09. The van der Waals surface area contributed by atoms with Crippen LogP contribution in [0.1, 0.15) is 19.4 Å². The van der Waals surface area contributed by atoms with Gasteiger partial charge in [-0.15, -0.1) is 0 Å². The molecule has 0 aromatic heterocycles. The summed E-state index contributed by atoms with van der Waals surface area (Å²) in [6.07, 6.45) is 1.34. The number of phenols is 1. The largest absolute Gasteiger partial charge is 0.504 e. The van der Waals surface area contributed by atoms with Crippen molar-refractivity contribution in [1.82, 2.24) is 5.43 Å². The standard InChI is InChI=1S/C19H21N3O5/c1-3-26-15-8-6-14(7-9-15)21-18(24)19(25)22-20-12-13-5-10-16(23)17(11-13)27-4-2/h5-12,23H,3-4H2,1-2H3,(H,21,24)(H,22,25)/b20-12+. The fourth-order valence-corrected chi connectivity index (χ4v) is 2.09. The number of benzene rings is 2. The molecule has 0 aliphatic heterocycles. The molecule has 27 heavy (non-hydrogen) atoms. The predicted molar refractivity (Wildman–Crippen MR) is 101 cm³/mol. The van der Waals surface area contributed by atoms with Crippen LogP contribution >= 0.6 is 0 Å². The summed E-state index contributed by atoms with van der Waals surface area (Å²) in [6, 6.07) is 11.2. The molecule has 0 radical (unpaired) electrons. The van der Waals surface area contributed by atoms with Crippen LogP contribution in [0.4, 0.5) is 5.69 Å². The van der Waals surface area contributed by atoms with Crippen LogP contribution in [-0.2, 0) is 9.59 Å². The lowest BCUT2D eigenvalue weighted by atomic mass is 10.2. The van der Waals surface area contributed by atoms with Gasteiger partial charge in [-0.25, -0.2) is 5.43 Å². The Morgan fingerprint density at radius 3 is 2.41 bits per heavy atom. The number of hydrogen-bond acceptors (Lipinski definition) is 6. The zero-order valence-corrected chi connectivity index (χ0v) is 15.1. The minimum absolute atomic E-state index is 0.00719. The molecule has 3 N–H and O–H groups in total. The molecule has 8 heteroatoms. The van der Waals surface area contributed by atoms with Gasteiger partial charge in [0.2, 0.25) is 0 Å². The van der Waals surface area contributed by atoms with E-state index in [0.717, 1.165) is 0 Å². The zero-order chi connectivity index (χ0) is 19.6. The first kappa shape index (κ1) is 19.8. The van der Waals surface area contributed by atoms with E-state index in [-0.39, 0.29) is 5.75 Å². The Balaban J connectivity index is 1.89. The molecular weight excluding hydrogens is 350 g/mol. The van der Waals surface area contributed by atoms with Crippen molar-refractivity contribution in [2.24, 2.45) is 5.10 Å². The summed E-state index contributed by atoms with van der Waals surface area (Å²) in [7, 11) is 0. The van der Waals surface area contributed by atoms with Crippen molar-refractivity contribution < 1.29 is 24.2 Å². The van der Waals surface area contributed by atoms with Gasteiger partial charge in [0.25, 0.3) is 0 Å². The second-order valence-corrected chi connectivity index (χ2v) is 5.27. The second kappa shape index (κ2) is 9.81. The van der Waals surface area contributed by atoms with E-state index in [1.807, 2.05) is 6.92 Å². The summed E-state index contributed by atoms with van der Waals surface area (Å²) >= 11 is 0. The van der Waals surface area contributed by atoms with Crippen molar-refractivity contribution in [3.05, 3.63) is 48.0 Å². The van der Waals surface area contributed by atoms with Crippen molar-refractivity contribution in [1.29, 1.82) is 0 Å². The summed E-state index contributed by atoms with van der Waals surface area (Å²) in [6.45, 7) is 4.61. The van der Waals surface area contributed by atoms with Gasteiger partial charge in [0.15, 0.2) is 11.5 Å². The van der Waals surface area contributed by atoms with Gasteiger partial charge in [-0.3, -0.25) is 9.59 Å². The predicted octanol–water partition coefficient (Wildman–Crippen LogP) is 2.28. The summed E-state index contributed by atoms with van der Waals surface area (Å²) in [5, 5.41) is 15.8. The third-order valence-corrected chi connectivity index (χ3v) is 3.29. The first-order chi connectivity index (χ1) is 13.0. The third-order valence-electron chi connectivity index (χ3n) is 3.29. The lowest BCUT2D eigenvalue weighted by Crippen LogP contribution is -2.32. The van der Waals surface area contributed by atoms with Crippen molar-refractivity contribution in [3.63, 3.8) is 0 Å². The molecular formula is C19H21N3O5. The number of phenolic OH excluding ortho intramolecular Hbond substituents is 1. The van der Waals surface area contributed by atoms with Gasteiger partial charge in [-0.2, -0.15) is 5.10 Å². The molecule has 2 rings (SSSR count). The van der Waals surface area contributed by atoms with Crippen LogP contribution in [0.3, 0.4) is 0 Å². The average molecular weight is 371 g/mol. The lowest BCUT2D eigenvalue weighted by molar-refractivity contribution is -0.136. The number of aromatic hydroxyl groups is 1. The highest BCUT2D eigenvalue weighted by Gasteiger charge is 2.12. The van der Waals surface area contributed by atoms with Crippen molar-refractivity contribution in [2.45, 2.75) is 13.8 Å². The summed E-state index contributed by atoms with van der Waals surface area (Å²) in [4.78, 5) is 23.7. The number of anilines is 1. The highest BCUT2D eigenvalue weighted by molar-refractivity contribution is 6.39. The Morgan fingerprint density at radius 1 is 1.04 bits per heavy atom. The van der Waals surface area contributed by atoms with E-state index in [9.17, 15) is 14.7 Å². The number of amides is 2. The summed E-state index contributed by atoms with van der Waals surface area (Å²) in [5.74, 6) is -0.778. The maximum absolute atomic E-state index is 11.9. The van der Waals surface area contributed by atoms with E-state index < -0.39 is 11.8 Å². The van der Waals surface area contributed by atoms with Crippen molar-refractivity contribution >= 4 is 23.7 Å². The molecule has 0 aliphatic carbocycles.